The maximum Gasteiger partial charge on any atom is 0.254 e. The summed E-state index contributed by atoms with van der Waals surface area (Å²) >= 11 is 6.21. The number of halogens is 1. The van der Waals surface area contributed by atoms with E-state index in [-0.39, 0.29) is 5.91 Å². The number of carbonyl (C=O) groups is 1. The number of anilines is 1. The number of pyridine rings is 1. The van der Waals surface area contributed by atoms with E-state index in [0.29, 0.717) is 35.2 Å². The Morgan fingerprint density at radius 1 is 1.08 bits per heavy atom. The van der Waals surface area contributed by atoms with Gasteiger partial charge < -0.3 is 19.3 Å². The zero-order valence-corrected chi connectivity index (χ0v) is 15.0. The number of hydrogen-bond acceptors (Lipinski definition) is 5. The van der Waals surface area contributed by atoms with Crippen LogP contribution in [0.15, 0.2) is 36.7 Å². The van der Waals surface area contributed by atoms with Gasteiger partial charge in [0.25, 0.3) is 5.91 Å². The Hall–Kier alpha value is -2.47. The molecule has 1 aliphatic rings. The molecule has 0 N–H and O–H groups in total. The number of methoxy groups -OCH3 is 2. The third-order valence-electron chi connectivity index (χ3n) is 4.28. The fourth-order valence-corrected chi connectivity index (χ4v) is 3.23. The van der Waals surface area contributed by atoms with Crippen LogP contribution in [0.2, 0.25) is 5.02 Å². The Morgan fingerprint density at radius 3 is 2.36 bits per heavy atom. The number of piperazine rings is 1. The van der Waals surface area contributed by atoms with Crippen molar-refractivity contribution in [3.63, 3.8) is 0 Å². The van der Waals surface area contributed by atoms with Gasteiger partial charge in [-0.15, -0.1) is 0 Å². The van der Waals surface area contributed by atoms with Gasteiger partial charge in [-0.3, -0.25) is 9.78 Å². The topological polar surface area (TPSA) is 54.9 Å². The monoisotopic (exact) mass is 361 g/mol. The van der Waals surface area contributed by atoms with Gasteiger partial charge in [0, 0.05) is 49.8 Å². The highest BCUT2D eigenvalue weighted by Crippen LogP contribution is 2.36. The summed E-state index contributed by atoms with van der Waals surface area (Å²) in [6, 6.07) is 7.25. The van der Waals surface area contributed by atoms with E-state index in [1.54, 1.807) is 24.5 Å². The van der Waals surface area contributed by atoms with Crippen LogP contribution in [0, 0.1) is 0 Å². The number of benzene rings is 1. The zero-order valence-electron chi connectivity index (χ0n) is 14.2. The zero-order chi connectivity index (χ0) is 17.8. The Morgan fingerprint density at radius 2 is 1.76 bits per heavy atom. The minimum absolute atomic E-state index is 0.0581. The van der Waals surface area contributed by atoms with E-state index in [1.165, 1.54) is 14.2 Å². The smallest absolute Gasteiger partial charge is 0.254 e. The van der Waals surface area contributed by atoms with E-state index in [9.17, 15) is 4.79 Å². The minimum atomic E-state index is -0.0581. The first-order valence-corrected chi connectivity index (χ1v) is 8.37. The third-order valence-corrected chi connectivity index (χ3v) is 4.56. The van der Waals surface area contributed by atoms with Crippen molar-refractivity contribution in [1.29, 1.82) is 0 Å². The Bertz CT molecular complexity index is 747. The van der Waals surface area contributed by atoms with E-state index in [1.807, 2.05) is 17.0 Å². The van der Waals surface area contributed by atoms with Crippen LogP contribution in [0.3, 0.4) is 0 Å². The second kappa shape index (κ2) is 7.61. The maximum absolute atomic E-state index is 12.8. The first-order valence-electron chi connectivity index (χ1n) is 8.00. The summed E-state index contributed by atoms with van der Waals surface area (Å²) < 4.78 is 10.5. The minimum Gasteiger partial charge on any atom is -0.493 e. The number of amides is 1. The molecule has 0 bridgehead atoms. The van der Waals surface area contributed by atoms with Crippen molar-refractivity contribution >= 4 is 23.2 Å². The maximum atomic E-state index is 12.8. The molecule has 1 aliphatic heterocycles. The van der Waals surface area contributed by atoms with Crippen molar-refractivity contribution in [2.24, 2.45) is 0 Å². The molecule has 0 saturated carbocycles. The fourth-order valence-electron chi connectivity index (χ4n) is 2.95. The highest BCUT2D eigenvalue weighted by molar-refractivity contribution is 6.32. The quantitative estimate of drug-likeness (QED) is 0.838. The second-order valence-corrected chi connectivity index (χ2v) is 6.09. The van der Waals surface area contributed by atoms with Gasteiger partial charge in [0.2, 0.25) is 0 Å². The average Bonchev–Trinajstić information content (AvgIpc) is 2.67. The number of ether oxygens (including phenoxy) is 2. The summed E-state index contributed by atoms with van der Waals surface area (Å²) in [7, 11) is 3.04. The molecular formula is C18H20ClN3O3. The summed E-state index contributed by atoms with van der Waals surface area (Å²) in [6.45, 7) is 2.84. The molecule has 0 spiro atoms. The summed E-state index contributed by atoms with van der Waals surface area (Å²) in [4.78, 5) is 20.9. The summed E-state index contributed by atoms with van der Waals surface area (Å²) in [6.07, 6.45) is 3.55. The van der Waals surface area contributed by atoms with Crippen LogP contribution in [0.1, 0.15) is 10.4 Å². The molecule has 0 radical (unpaired) electrons. The lowest BCUT2D eigenvalue weighted by molar-refractivity contribution is 0.0746. The number of nitrogens with zero attached hydrogens (tertiary/aromatic N) is 3. The molecule has 3 rings (SSSR count). The summed E-state index contributed by atoms with van der Waals surface area (Å²) in [5.74, 6) is 0.828. The van der Waals surface area contributed by atoms with E-state index in [2.05, 4.69) is 9.88 Å². The number of carbonyl (C=O) groups excluding carboxylic acids is 1. The van der Waals surface area contributed by atoms with E-state index in [4.69, 9.17) is 21.1 Å². The SMILES string of the molecule is COc1cc(C(=O)N2CCN(c3ccncc3)CC2)cc(Cl)c1OC. The van der Waals surface area contributed by atoms with Gasteiger partial charge in [0.05, 0.1) is 19.2 Å². The molecular weight excluding hydrogens is 342 g/mol. The van der Waals surface area contributed by atoms with Gasteiger partial charge >= 0.3 is 0 Å². The molecule has 25 heavy (non-hydrogen) atoms. The second-order valence-electron chi connectivity index (χ2n) is 5.68. The first-order chi connectivity index (χ1) is 12.1. The Kier molecular flexibility index (Phi) is 5.28. The van der Waals surface area contributed by atoms with Crippen molar-refractivity contribution in [2.75, 3.05) is 45.3 Å². The molecule has 7 heteroatoms. The van der Waals surface area contributed by atoms with E-state index >= 15 is 0 Å². The number of hydrogen-bond donors (Lipinski definition) is 0. The third kappa shape index (κ3) is 3.64. The Balaban J connectivity index is 1.72. The molecule has 1 saturated heterocycles. The number of rotatable bonds is 4. The molecule has 2 aromatic rings. The summed E-state index contributed by atoms with van der Waals surface area (Å²) in [5.41, 5.74) is 1.62. The summed E-state index contributed by atoms with van der Waals surface area (Å²) in [5, 5.41) is 0.362. The first kappa shape index (κ1) is 17.4. The van der Waals surface area contributed by atoms with Crippen LogP contribution in [0.4, 0.5) is 5.69 Å². The van der Waals surface area contributed by atoms with E-state index < -0.39 is 0 Å². The molecule has 0 atom stereocenters. The van der Waals surface area contributed by atoms with Gasteiger partial charge in [-0.05, 0) is 24.3 Å². The molecule has 0 unspecified atom stereocenters. The molecule has 6 nitrogen and oxygen atoms in total. The van der Waals surface area contributed by atoms with Crippen LogP contribution in [0.5, 0.6) is 11.5 Å². The van der Waals surface area contributed by atoms with Crippen molar-refractivity contribution in [1.82, 2.24) is 9.88 Å². The van der Waals surface area contributed by atoms with Crippen molar-refractivity contribution < 1.29 is 14.3 Å². The van der Waals surface area contributed by atoms with Crippen molar-refractivity contribution in [3.8, 4) is 11.5 Å². The number of aromatic nitrogens is 1. The molecule has 0 aliphatic carbocycles. The van der Waals surface area contributed by atoms with Gasteiger partial charge in [-0.1, -0.05) is 11.6 Å². The molecule has 1 aromatic carbocycles. The lowest BCUT2D eigenvalue weighted by atomic mass is 10.1. The van der Waals surface area contributed by atoms with E-state index in [0.717, 1.165) is 18.8 Å². The van der Waals surface area contributed by atoms with Gasteiger partial charge in [-0.25, -0.2) is 0 Å². The van der Waals surface area contributed by atoms with Crippen LogP contribution in [0.25, 0.3) is 0 Å². The lowest BCUT2D eigenvalue weighted by Crippen LogP contribution is -2.48. The fraction of sp³-hybridized carbons (Fsp3) is 0.333. The van der Waals surface area contributed by atoms with Crippen LogP contribution >= 0.6 is 11.6 Å². The molecule has 132 valence electrons. The highest BCUT2D eigenvalue weighted by atomic mass is 35.5. The predicted octanol–water partition coefficient (Wildman–Crippen LogP) is 2.71. The molecule has 1 amide bonds. The predicted molar refractivity (Wildman–Crippen MR) is 96.9 cm³/mol. The van der Waals surface area contributed by atoms with Gasteiger partial charge in [-0.2, -0.15) is 0 Å². The van der Waals surface area contributed by atoms with Crippen LogP contribution in [-0.4, -0.2) is 56.2 Å². The molecule has 2 heterocycles. The van der Waals surface area contributed by atoms with Gasteiger partial charge in [0.1, 0.15) is 0 Å². The molecule has 1 aromatic heterocycles. The largest absolute Gasteiger partial charge is 0.493 e. The van der Waals surface area contributed by atoms with Gasteiger partial charge in [0.15, 0.2) is 11.5 Å². The van der Waals surface area contributed by atoms with Crippen molar-refractivity contribution in [2.45, 2.75) is 0 Å². The van der Waals surface area contributed by atoms with Crippen LogP contribution in [-0.2, 0) is 0 Å². The normalized spacial score (nSPS) is 14.4. The highest BCUT2D eigenvalue weighted by Gasteiger charge is 2.24. The van der Waals surface area contributed by atoms with Crippen LogP contribution < -0.4 is 14.4 Å². The molecule has 1 fully saturated rings. The average molecular weight is 362 g/mol. The van der Waals surface area contributed by atoms with Crippen molar-refractivity contribution in [3.05, 3.63) is 47.2 Å². The Labute approximate surface area is 151 Å². The lowest BCUT2D eigenvalue weighted by Gasteiger charge is -2.36. The standard InChI is InChI=1S/C18H20ClN3O3/c1-24-16-12-13(11-15(19)17(16)25-2)18(23)22-9-7-21(8-10-22)14-3-5-20-6-4-14/h3-6,11-12H,7-10H2,1-2H3.